The maximum Gasteiger partial charge on any atom is 0.249 e. The molecule has 2 aromatic rings. The third kappa shape index (κ3) is 3.93. The highest BCUT2D eigenvalue weighted by Crippen LogP contribution is 2.32. The molecule has 0 saturated heterocycles. The van der Waals surface area contributed by atoms with Crippen molar-refractivity contribution >= 4 is 17.3 Å². The zero-order valence-electron chi connectivity index (χ0n) is 14.3. The minimum Gasteiger partial charge on any atom is -0.421 e. The van der Waals surface area contributed by atoms with Gasteiger partial charge in [0.15, 0.2) is 0 Å². The van der Waals surface area contributed by atoms with Gasteiger partial charge in [-0.25, -0.2) is 0 Å². The number of aromatic nitrogens is 2. The Hall–Kier alpha value is -2.37. The lowest BCUT2D eigenvalue weighted by molar-refractivity contribution is -0.115. The van der Waals surface area contributed by atoms with Crippen molar-refractivity contribution in [3.05, 3.63) is 24.1 Å². The Morgan fingerprint density at radius 2 is 2.04 bits per heavy atom. The highest BCUT2D eigenvalue weighted by Gasteiger charge is 2.18. The maximum atomic E-state index is 11.7. The molecule has 1 fully saturated rings. The summed E-state index contributed by atoms with van der Waals surface area (Å²) in [6.45, 7) is 3.60. The average molecular weight is 328 g/mol. The summed E-state index contributed by atoms with van der Waals surface area (Å²) in [5.41, 5.74) is 2.54. The smallest absolute Gasteiger partial charge is 0.249 e. The fourth-order valence-electron chi connectivity index (χ4n) is 3.05. The third-order valence-corrected chi connectivity index (χ3v) is 4.35. The van der Waals surface area contributed by atoms with Crippen molar-refractivity contribution in [2.75, 3.05) is 10.6 Å². The SMILES string of the molecule is CCC(=O)Nc1ccc(NC2CCCCC2)c(-c2nnc(C)o2)c1. The summed E-state index contributed by atoms with van der Waals surface area (Å²) < 4.78 is 5.61. The molecule has 0 aliphatic heterocycles. The molecule has 0 unspecified atom stereocenters. The molecule has 1 aliphatic rings. The highest BCUT2D eigenvalue weighted by atomic mass is 16.4. The number of aryl methyl sites for hydroxylation is 1. The van der Waals surface area contributed by atoms with E-state index in [1.54, 1.807) is 6.92 Å². The Morgan fingerprint density at radius 3 is 2.71 bits per heavy atom. The lowest BCUT2D eigenvalue weighted by Gasteiger charge is -2.25. The second-order valence-corrected chi connectivity index (χ2v) is 6.27. The van der Waals surface area contributed by atoms with Gasteiger partial charge in [0.05, 0.1) is 5.56 Å². The summed E-state index contributed by atoms with van der Waals surface area (Å²) in [4.78, 5) is 11.7. The summed E-state index contributed by atoms with van der Waals surface area (Å²) in [5, 5.41) is 14.6. The minimum absolute atomic E-state index is 0.0179. The molecule has 0 spiro atoms. The average Bonchev–Trinajstić information content (AvgIpc) is 3.03. The third-order valence-electron chi connectivity index (χ3n) is 4.35. The molecule has 1 heterocycles. The van der Waals surface area contributed by atoms with Crippen LogP contribution < -0.4 is 10.6 Å². The number of anilines is 2. The van der Waals surface area contributed by atoms with Crippen molar-refractivity contribution in [2.24, 2.45) is 0 Å². The van der Waals surface area contributed by atoms with E-state index in [9.17, 15) is 4.79 Å². The summed E-state index contributed by atoms with van der Waals surface area (Å²) in [6.07, 6.45) is 6.63. The molecule has 3 rings (SSSR count). The second-order valence-electron chi connectivity index (χ2n) is 6.27. The Morgan fingerprint density at radius 1 is 1.25 bits per heavy atom. The number of hydrogen-bond donors (Lipinski definition) is 2. The molecule has 2 N–H and O–H groups in total. The van der Waals surface area contributed by atoms with Crippen LogP contribution in [0, 0.1) is 6.92 Å². The number of hydrogen-bond acceptors (Lipinski definition) is 5. The van der Waals surface area contributed by atoms with Crippen LogP contribution in [-0.4, -0.2) is 22.1 Å². The van der Waals surface area contributed by atoms with Gasteiger partial charge in [-0.05, 0) is 31.0 Å². The van der Waals surface area contributed by atoms with E-state index in [1.165, 1.54) is 32.1 Å². The van der Waals surface area contributed by atoms with E-state index < -0.39 is 0 Å². The van der Waals surface area contributed by atoms with Gasteiger partial charge < -0.3 is 15.1 Å². The van der Waals surface area contributed by atoms with E-state index in [0.717, 1.165) is 16.9 Å². The number of amides is 1. The van der Waals surface area contributed by atoms with Crippen molar-refractivity contribution in [1.29, 1.82) is 0 Å². The number of nitrogens with zero attached hydrogens (tertiary/aromatic N) is 2. The molecule has 0 radical (unpaired) electrons. The van der Waals surface area contributed by atoms with Gasteiger partial charge in [-0.2, -0.15) is 0 Å². The normalized spacial score (nSPS) is 15.2. The summed E-state index contributed by atoms with van der Waals surface area (Å²) in [5.74, 6) is 0.977. The summed E-state index contributed by atoms with van der Waals surface area (Å²) in [7, 11) is 0. The van der Waals surface area contributed by atoms with Gasteiger partial charge in [0.25, 0.3) is 0 Å². The molecule has 1 saturated carbocycles. The van der Waals surface area contributed by atoms with Gasteiger partial charge in [0.2, 0.25) is 17.7 Å². The van der Waals surface area contributed by atoms with E-state index in [4.69, 9.17) is 4.42 Å². The molecule has 6 nitrogen and oxygen atoms in total. The molecule has 128 valence electrons. The van der Waals surface area contributed by atoms with E-state index in [1.807, 2.05) is 25.1 Å². The van der Waals surface area contributed by atoms with Crippen molar-refractivity contribution in [3.63, 3.8) is 0 Å². The minimum atomic E-state index is -0.0179. The molecule has 1 aromatic heterocycles. The first kappa shape index (κ1) is 16.5. The summed E-state index contributed by atoms with van der Waals surface area (Å²) >= 11 is 0. The van der Waals surface area contributed by atoms with Crippen LogP contribution in [0.3, 0.4) is 0 Å². The number of rotatable bonds is 5. The van der Waals surface area contributed by atoms with Crippen LogP contribution in [0.4, 0.5) is 11.4 Å². The topological polar surface area (TPSA) is 80.0 Å². The number of nitrogens with one attached hydrogen (secondary N) is 2. The monoisotopic (exact) mass is 328 g/mol. The predicted molar refractivity (Wildman–Crippen MR) is 93.9 cm³/mol. The van der Waals surface area contributed by atoms with Crippen LogP contribution in [0.1, 0.15) is 51.3 Å². The Labute approximate surface area is 142 Å². The van der Waals surface area contributed by atoms with Crippen LogP contribution in [0.2, 0.25) is 0 Å². The molecule has 0 bridgehead atoms. The molecular formula is C18H24N4O2. The fraction of sp³-hybridized carbons (Fsp3) is 0.500. The Kier molecular flexibility index (Phi) is 5.13. The van der Waals surface area contributed by atoms with Gasteiger partial charge in [-0.15, -0.1) is 10.2 Å². The zero-order valence-corrected chi connectivity index (χ0v) is 14.3. The van der Waals surface area contributed by atoms with Crippen LogP contribution in [0.15, 0.2) is 22.6 Å². The first-order valence-electron chi connectivity index (χ1n) is 8.66. The maximum absolute atomic E-state index is 11.7. The van der Waals surface area contributed by atoms with Crippen molar-refractivity contribution < 1.29 is 9.21 Å². The fourth-order valence-corrected chi connectivity index (χ4v) is 3.05. The first-order valence-corrected chi connectivity index (χ1v) is 8.66. The first-order chi connectivity index (χ1) is 11.7. The van der Waals surface area contributed by atoms with Gasteiger partial charge >= 0.3 is 0 Å². The lowest BCUT2D eigenvalue weighted by atomic mass is 9.95. The quantitative estimate of drug-likeness (QED) is 0.862. The highest BCUT2D eigenvalue weighted by molar-refractivity contribution is 5.92. The van der Waals surface area contributed by atoms with Crippen molar-refractivity contribution in [2.45, 2.75) is 58.4 Å². The van der Waals surface area contributed by atoms with Crippen LogP contribution in [0.5, 0.6) is 0 Å². The Bertz CT molecular complexity index is 705. The van der Waals surface area contributed by atoms with Gasteiger partial charge in [0, 0.05) is 30.8 Å². The molecule has 6 heteroatoms. The number of carbonyl (C=O) groups is 1. The van der Waals surface area contributed by atoms with E-state index >= 15 is 0 Å². The van der Waals surface area contributed by atoms with E-state index in [0.29, 0.717) is 24.2 Å². The molecule has 1 amide bonds. The number of carbonyl (C=O) groups excluding carboxylic acids is 1. The second kappa shape index (κ2) is 7.47. The van der Waals surface area contributed by atoms with E-state index in [2.05, 4.69) is 20.8 Å². The number of benzene rings is 1. The lowest BCUT2D eigenvalue weighted by Crippen LogP contribution is -2.22. The molecule has 24 heavy (non-hydrogen) atoms. The van der Waals surface area contributed by atoms with Gasteiger partial charge in [-0.1, -0.05) is 26.2 Å². The van der Waals surface area contributed by atoms with Crippen LogP contribution in [0.25, 0.3) is 11.5 Å². The predicted octanol–water partition coefficient (Wildman–Crippen LogP) is 4.14. The van der Waals surface area contributed by atoms with Crippen molar-refractivity contribution in [1.82, 2.24) is 10.2 Å². The molecule has 1 aliphatic carbocycles. The molecule has 0 atom stereocenters. The van der Waals surface area contributed by atoms with E-state index in [-0.39, 0.29) is 5.91 Å². The zero-order chi connectivity index (χ0) is 16.9. The van der Waals surface area contributed by atoms with Crippen LogP contribution in [-0.2, 0) is 4.79 Å². The van der Waals surface area contributed by atoms with Crippen molar-refractivity contribution in [3.8, 4) is 11.5 Å². The standard InChI is InChI=1S/C18H24N4O2/c1-3-17(23)20-14-9-10-16(19-13-7-5-4-6-8-13)15(11-14)18-22-21-12(2)24-18/h9-11,13,19H,3-8H2,1-2H3,(H,20,23). The van der Waals surface area contributed by atoms with Crippen LogP contribution >= 0.6 is 0 Å². The molecular weight excluding hydrogens is 304 g/mol. The summed E-state index contributed by atoms with van der Waals surface area (Å²) in [6, 6.07) is 6.25. The van der Waals surface area contributed by atoms with Gasteiger partial charge in [0.1, 0.15) is 0 Å². The molecule has 1 aromatic carbocycles. The van der Waals surface area contributed by atoms with Gasteiger partial charge in [-0.3, -0.25) is 4.79 Å². The largest absolute Gasteiger partial charge is 0.421 e. The Balaban J connectivity index is 1.89.